The van der Waals surface area contributed by atoms with Gasteiger partial charge < -0.3 is 9.88 Å². The Bertz CT molecular complexity index is 1100. The monoisotopic (exact) mass is 388 g/mol. The van der Waals surface area contributed by atoms with E-state index in [2.05, 4.69) is 28.2 Å². The molecule has 1 N–H and O–H groups in total. The van der Waals surface area contributed by atoms with Gasteiger partial charge >= 0.3 is 0 Å². The summed E-state index contributed by atoms with van der Waals surface area (Å²) in [6, 6.07) is 25.6. The third-order valence-corrected chi connectivity index (χ3v) is 5.27. The molecule has 4 aromatic rings. The minimum atomic E-state index is -0.0629. The number of amides is 1. The standard InChI is InChI=1S/C24H21ClN2O/c1-27-16-22(20-9-5-6-10-23(20)27)21(17-11-13-18(25)14-12-17)15-24(28)26-19-7-3-2-4-8-19/h2-14,16,21H,15H2,1H3,(H,26,28)/t21-/m0/s1. The van der Waals surface area contributed by atoms with Gasteiger partial charge in [-0.2, -0.15) is 0 Å². The van der Waals surface area contributed by atoms with E-state index in [0.717, 1.165) is 27.7 Å². The van der Waals surface area contributed by atoms with Gasteiger partial charge in [-0.15, -0.1) is 0 Å². The molecule has 0 aliphatic heterocycles. The Balaban J connectivity index is 1.72. The third kappa shape index (κ3) is 3.80. The van der Waals surface area contributed by atoms with Crippen LogP contribution in [0, 0.1) is 0 Å². The molecule has 0 fully saturated rings. The number of nitrogens with zero attached hydrogens (tertiary/aromatic N) is 1. The highest BCUT2D eigenvalue weighted by Crippen LogP contribution is 2.35. The van der Waals surface area contributed by atoms with Gasteiger partial charge in [-0.05, 0) is 41.5 Å². The van der Waals surface area contributed by atoms with Crippen molar-refractivity contribution in [3.05, 3.63) is 101 Å². The van der Waals surface area contributed by atoms with Gasteiger partial charge in [0.1, 0.15) is 0 Å². The molecule has 3 aromatic carbocycles. The van der Waals surface area contributed by atoms with Crippen LogP contribution in [0.2, 0.25) is 5.02 Å². The van der Waals surface area contributed by atoms with Gasteiger partial charge in [-0.25, -0.2) is 0 Å². The largest absolute Gasteiger partial charge is 0.350 e. The predicted molar refractivity (Wildman–Crippen MR) is 116 cm³/mol. The maximum absolute atomic E-state index is 12.8. The lowest BCUT2D eigenvalue weighted by Crippen LogP contribution is -2.16. The van der Waals surface area contributed by atoms with Crippen molar-refractivity contribution >= 4 is 34.1 Å². The Hall–Kier alpha value is -3.04. The van der Waals surface area contributed by atoms with E-state index in [0.29, 0.717) is 11.4 Å². The molecule has 1 amide bonds. The number of hydrogen-bond acceptors (Lipinski definition) is 1. The van der Waals surface area contributed by atoms with Crippen molar-refractivity contribution in [2.45, 2.75) is 12.3 Å². The van der Waals surface area contributed by atoms with Crippen LogP contribution in [-0.4, -0.2) is 10.5 Å². The summed E-state index contributed by atoms with van der Waals surface area (Å²) in [5.41, 5.74) is 4.17. The van der Waals surface area contributed by atoms with Crippen LogP contribution in [0.5, 0.6) is 0 Å². The van der Waals surface area contributed by atoms with Crippen LogP contribution in [0.15, 0.2) is 85.1 Å². The molecule has 28 heavy (non-hydrogen) atoms. The fourth-order valence-corrected chi connectivity index (χ4v) is 3.80. The average molecular weight is 389 g/mol. The number of anilines is 1. The maximum atomic E-state index is 12.8. The first-order valence-corrected chi connectivity index (χ1v) is 9.64. The highest BCUT2D eigenvalue weighted by Gasteiger charge is 2.22. The van der Waals surface area contributed by atoms with Crippen molar-refractivity contribution in [2.24, 2.45) is 7.05 Å². The molecule has 0 saturated heterocycles. The number of aromatic nitrogens is 1. The fraction of sp³-hybridized carbons (Fsp3) is 0.125. The van der Waals surface area contributed by atoms with Crippen molar-refractivity contribution in [3.63, 3.8) is 0 Å². The van der Waals surface area contributed by atoms with E-state index < -0.39 is 0 Å². The average Bonchev–Trinajstić information content (AvgIpc) is 3.04. The molecule has 0 bridgehead atoms. The van der Waals surface area contributed by atoms with Gasteiger partial charge in [0.2, 0.25) is 5.91 Å². The van der Waals surface area contributed by atoms with Crippen LogP contribution < -0.4 is 5.32 Å². The summed E-state index contributed by atoms with van der Waals surface area (Å²) in [7, 11) is 2.04. The summed E-state index contributed by atoms with van der Waals surface area (Å²) in [5.74, 6) is -0.0776. The molecule has 4 rings (SSSR count). The van der Waals surface area contributed by atoms with E-state index in [1.165, 1.54) is 0 Å². The van der Waals surface area contributed by atoms with Gasteiger partial charge in [0.05, 0.1) is 0 Å². The van der Waals surface area contributed by atoms with Gasteiger partial charge in [-0.3, -0.25) is 4.79 Å². The first-order chi connectivity index (χ1) is 13.6. The van der Waals surface area contributed by atoms with Crippen LogP contribution >= 0.6 is 11.6 Å². The van der Waals surface area contributed by atoms with E-state index in [9.17, 15) is 4.79 Å². The van der Waals surface area contributed by atoms with Crippen molar-refractivity contribution in [3.8, 4) is 0 Å². The van der Waals surface area contributed by atoms with Crippen molar-refractivity contribution in [1.82, 2.24) is 4.57 Å². The van der Waals surface area contributed by atoms with Crippen LogP contribution in [0.1, 0.15) is 23.5 Å². The number of rotatable bonds is 5. The lowest BCUT2D eigenvalue weighted by Gasteiger charge is -2.17. The Kier molecular flexibility index (Phi) is 5.18. The quantitative estimate of drug-likeness (QED) is 0.447. The number of benzene rings is 3. The summed E-state index contributed by atoms with van der Waals surface area (Å²) in [6.07, 6.45) is 2.48. The van der Waals surface area contributed by atoms with Crippen LogP contribution in [0.4, 0.5) is 5.69 Å². The summed E-state index contributed by atoms with van der Waals surface area (Å²) in [6.45, 7) is 0. The summed E-state index contributed by atoms with van der Waals surface area (Å²) in [4.78, 5) is 12.8. The molecule has 0 aliphatic rings. The van der Waals surface area contributed by atoms with Crippen molar-refractivity contribution < 1.29 is 4.79 Å². The van der Waals surface area contributed by atoms with Gasteiger partial charge in [-0.1, -0.05) is 60.1 Å². The topological polar surface area (TPSA) is 34.0 Å². The van der Waals surface area contributed by atoms with E-state index in [4.69, 9.17) is 11.6 Å². The third-order valence-electron chi connectivity index (χ3n) is 5.02. The molecule has 3 nitrogen and oxygen atoms in total. The second-order valence-electron chi connectivity index (χ2n) is 6.93. The fourth-order valence-electron chi connectivity index (χ4n) is 3.67. The van der Waals surface area contributed by atoms with Gasteiger partial charge in [0.15, 0.2) is 0 Å². The lowest BCUT2D eigenvalue weighted by atomic mass is 9.88. The maximum Gasteiger partial charge on any atom is 0.225 e. The summed E-state index contributed by atoms with van der Waals surface area (Å²) >= 11 is 6.09. The van der Waals surface area contributed by atoms with Crippen molar-refractivity contribution in [2.75, 3.05) is 5.32 Å². The van der Waals surface area contributed by atoms with Crippen LogP contribution in [0.25, 0.3) is 10.9 Å². The molecule has 1 aromatic heterocycles. The molecule has 0 aliphatic carbocycles. The highest BCUT2D eigenvalue weighted by molar-refractivity contribution is 6.30. The van der Waals surface area contributed by atoms with E-state index >= 15 is 0 Å². The van der Waals surface area contributed by atoms with Gasteiger partial charge in [0, 0.05) is 47.2 Å². The number of carbonyl (C=O) groups is 1. The molecule has 1 atom stereocenters. The minimum Gasteiger partial charge on any atom is -0.350 e. The normalized spacial score (nSPS) is 12.1. The number of fused-ring (bicyclic) bond motifs is 1. The van der Waals surface area contributed by atoms with Gasteiger partial charge in [0.25, 0.3) is 0 Å². The second kappa shape index (κ2) is 7.91. The first kappa shape index (κ1) is 18.3. The lowest BCUT2D eigenvalue weighted by molar-refractivity contribution is -0.116. The predicted octanol–water partition coefficient (Wildman–Crippen LogP) is 5.99. The number of carbonyl (C=O) groups excluding carboxylic acids is 1. The number of aryl methyl sites for hydroxylation is 1. The molecular weight excluding hydrogens is 368 g/mol. The Labute approximate surface area is 169 Å². The summed E-state index contributed by atoms with van der Waals surface area (Å²) in [5, 5.41) is 4.86. The molecule has 0 saturated carbocycles. The highest BCUT2D eigenvalue weighted by atomic mass is 35.5. The Morgan fingerprint density at radius 1 is 0.964 bits per heavy atom. The van der Waals surface area contributed by atoms with Crippen LogP contribution in [0.3, 0.4) is 0 Å². The molecule has 0 radical (unpaired) electrons. The zero-order valence-corrected chi connectivity index (χ0v) is 16.4. The Morgan fingerprint density at radius 3 is 2.39 bits per heavy atom. The zero-order valence-electron chi connectivity index (χ0n) is 15.6. The first-order valence-electron chi connectivity index (χ1n) is 9.26. The number of hydrogen-bond donors (Lipinski definition) is 1. The smallest absolute Gasteiger partial charge is 0.225 e. The molecule has 0 unspecified atom stereocenters. The molecule has 4 heteroatoms. The van der Waals surface area contributed by atoms with E-state index in [1.54, 1.807) is 0 Å². The van der Waals surface area contributed by atoms with Crippen molar-refractivity contribution in [1.29, 1.82) is 0 Å². The summed E-state index contributed by atoms with van der Waals surface area (Å²) < 4.78 is 2.11. The second-order valence-corrected chi connectivity index (χ2v) is 7.37. The number of para-hydroxylation sites is 2. The van der Waals surface area contributed by atoms with Crippen LogP contribution in [-0.2, 0) is 11.8 Å². The minimum absolute atomic E-state index is 0.0147. The van der Waals surface area contributed by atoms with E-state index in [1.807, 2.05) is 73.8 Å². The SMILES string of the molecule is Cn1cc([C@@H](CC(=O)Nc2ccccc2)c2ccc(Cl)cc2)c2ccccc21. The van der Waals surface area contributed by atoms with E-state index in [-0.39, 0.29) is 11.8 Å². The molecule has 140 valence electrons. The Morgan fingerprint density at radius 2 is 1.64 bits per heavy atom. The molecule has 0 spiro atoms. The number of nitrogens with one attached hydrogen (secondary N) is 1. The number of halogens is 1. The zero-order chi connectivity index (χ0) is 19.5. The molecule has 1 heterocycles. The molecular formula is C24H21ClN2O.